The second kappa shape index (κ2) is 18.6. The van der Waals surface area contributed by atoms with E-state index >= 15 is 0 Å². The molecule has 5 heterocycles. The Bertz CT molecular complexity index is 2030. The number of rotatable bonds is 12. The fraction of sp³-hybridized carbons (Fsp3) is 0.511. The van der Waals surface area contributed by atoms with E-state index in [4.69, 9.17) is 19.2 Å². The number of imidazole rings is 1. The number of carbonyl (C=O) groups is 4. The van der Waals surface area contributed by atoms with Crippen molar-refractivity contribution in [3.63, 3.8) is 0 Å². The Morgan fingerprint density at radius 3 is 1.88 bits per heavy atom. The van der Waals surface area contributed by atoms with Crippen molar-refractivity contribution in [3.05, 3.63) is 72.3 Å². The molecule has 14 nitrogen and oxygen atoms in total. The van der Waals surface area contributed by atoms with Crippen LogP contribution in [0.4, 0.5) is 9.59 Å². The van der Waals surface area contributed by atoms with Crippen molar-refractivity contribution < 1.29 is 33.4 Å². The summed E-state index contributed by atoms with van der Waals surface area (Å²) in [5.41, 5.74) is 7.18. The first-order valence-electron chi connectivity index (χ1n) is 21.0. The van der Waals surface area contributed by atoms with E-state index in [2.05, 4.69) is 69.1 Å². The Morgan fingerprint density at radius 1 is 0.746 bits per heavy atom. The summed E-state index contributed by atoms with van der Waals surface area (Å²) in [5.74, 6) is 0.291. The first kappa shape index (κ1) is 41.7. The van der Waals surface area contributed by atoms with E-state index in [1.54, 1.807) is 0 Å². The average molecular weight is 808 g/mol. The number of benzene rings is 2. The molecule has 0 saturated carbocycles. The summed E-state index contributed by atoms with van der Waals surface area (Å²) in [6.07, 6.45) is 7.70. The van der Waals surface area contributed by atoms with Gasteiger partial charge in [-0.3, -0.25) is 14.6 Å². The maximum absolute atomic E-state index is 13.9. The molecule has 0 spiro atoms. The number of amides is 4. The Labute approximate surface area is 346 Å². The van der Waals surface area contributed by atoms with Crippen molar-refractivity contribution in [2.24, 2.45) is 16.8 Å². The summed E-state index contributed by atoms with van der Waals surface area (Å²) in [7, 11) is 1.29. The van der Waals surface area contributed by atoms with Gasteiger partial charge >= 0.3 is 12.2 Å². The number of aromatic nitrogens is 2. The minimum absolute atomic E-state index is 0.0931. The van der Waals surface area contributed by atoms with Crippen LogP contribution in [0.3, 0.4) is 0 Å². The van der Waals surface area contributed by atoms with Crippen LogP contribution in [0.2, 0.25) is 0 Å². The number of H-pyrrole nitrogens is 1. The fourth-order valence-electron chi connectivity index (χ4n) is 8.57. The summed E-state index contributed by atoms with van der Waals surface area (Å²) < 4.78 is 15.8. The van der Waals surface area contributed by atoms with Crippen molar-refractivity contribution in [1.82, 2.24) is 30.4 Å². The van der Waals surface area contributed by atoms with Gasteiger partial charge in [0.05, 0.1) is 44.3 Å². The van der Waals surface area contributed by atoms with Crippen molar-refractivity contribution in [1.29, 1.82) is 0 Å². The minimum atomic E-state index is -0.686. The summed E-state index contributed by atoms with van der Waals surface area (Å²) in [6.45, 7) is 10.1. The van der Waals surface area contributed by atoms with Gasteiger partial charge in [0.25, 0.3) is 0 Å². The lowest BCUT2D eigenvalue weighted by Gasteiger charge is -2.31. The number of hydrogen-bond donors (Lipinski definition) is 3. The molecule has 7 rings (SSSR count). The van der Waals surface area contributed by atoms with Gasteiger partial charge in [0.15, 0.2) is 0 Å². The van der Waals surface area contributed by atoms with Gasteiger partial charge in [-0.05, 0) is 65.3 Å². The normalized spacial score (nSPS) is 20.7. The highest BCUT2D eigenvalue weighted by molar-refractivity contribution is 6.04. The second-order valence-corrected chi connectivity index (χ2v) is 16.6. The zero-order valence-corrected chi connectivity index (χ0v) is 34.7. The number of aliphatic imine (C=N–C) groups is 1. The van der Waals surface area contributed by atoms with Crippen molar-refractivity contribution in [2.75, 3.05) is 33.4 Å². The number of hydrogen-bond acceptors (Lipinski definition) is 9. The quantitative estimate of drug-likeness (QED) is 0.178. The number of nitrogens with zero attached hydrogens (tertiary/aromatic N) is 4. The third-order valence-electron chi connectivity index (χ3n) is 11.9. The van der Waals surface area contributed by atoms with Crippen molar-refractivity contribution in [3.8, 4) is 22.4 Å². The lowest BCUT2D eigenvalue weighted by Crippen LogP contribution is -2.54. The number of carbonyl (C=O) groups excluding carboxylic acids is 4. The number of ether oxygens (including phenoxy) is 3. The first-order valence-corrected chi connectivity index (χ1v) is 21.0. The molecule has 3 saturated heterocycles. The van der Waals surface area contributed by atoms with Gasteiger partial charge in [-0.25, -0.2) is 14.6 Å². The highest BCUT2D eigenvalue weighted by Crippen LogP contribution is 2.35. The van der Waals surface area contributed by atoms with E-state index in [0.717, 1.165) is 70.7 Å². The minimum Gasteiger partial charge on any atom is -0.453 e. The smallest absolute Gasteiger partial charge is 0.408 e. The van der Waals surface area contributed by atoms with Gasteiger partial charge in [0.2, 0.25) is 11.8 Å². The molecule has 0 aliphatic carbocycles. The van der Waals surface area contributed by atoms with Crippen LogP contribution < -0.4 is 10.6 Å². The SMILES string of the molecule is COC(=O)N[C@H](C(=O)N1CCCC1c1ncc(-c2ccc(-c3ccc(C4=CN=C([C@@H]5CCCN5C(=O)[C@@H](NC(=O)OC5CCOCC5)C(C)C)C4)cc3)cc2)[nH]1)C(C)C. The predicted molar refractivity (Wildman–Crippen MR) is 224 cm³/mol. The molecule has 3 N–H and O–H groups in total. The number of aromatic amines is 1. The molecule has 0 radical (unpaired) electrons. The van der Waals surface area contributed by atoms with E-state index in [0.29, 0.717) is 45.6 Å². The maximum atomic E-state index is 13.9. The molecule has 4 aliphatic rings. The summed E-state index contributed by atoms with van der Waals surface area (Å²) in [4.78, 5) is 68.9. The van der Waals surface area contributed by atoms with Gasteiger partial charge in [-0.1, -0.05) is 76.2 Å². The van der Waals surface area contributed by atoms with Crippen LogP contribution in [0.15, 0.2) is 65.9 Å². The fourth-order valence-corrected chi connectivity index (χ4v) is 8.57. The molecular formula is C45H57N7O7. The topological polar surface area (TPSA) is 168 Å². The van der Waals surface area contributed by atoms with Gasteiger partial charge in [-0.2, -0.15) is 0 Å². The molecule has 59 heavy (non-hydrogen) atoms. The monoisotopic (exact) mass is 807 g/mol. The maximum Gasteiger partial charge on any atom is 0.408 e. The molecule has 14 heteroatoms. The van der Waals surface area contributed by atoms with E-state index in [-0.39, 0.29) is 41.8 Å². The number of likely N-dealkylation sites (tertiary alicyclic amines) is 2. The van der Waals surface area contributed by atoms with E-state index in [9.17, 15) is 19.2 Å². The van der Waals surface area contributed by atoms with Gasteiger partial charge in [0, 0.05) is 44.3 Å². The molecule has 4 aliphatic heterocycles. The van der Waals surface area contributed by atoms with Crippen molar-refractivity contribution in [2.45, 2.75) is 103 Å². The zero-order valence-electron chi connectivity index (χ0n) is 34.7. The Balaban J connectivity index is 0.944. The van der Waals surface area contributed by atoms with E-state index in [1.807, 2.05) is 49.9 Å². The third kappa shape index (κ3) is 9.53. The molecule has 4 amide bonds. The Morgan fingerprint density at radius 2 is 1.29 bits per heavy atom. The largest absolute Gasteiger partial charge is 0.453 e. The van der Waals surface area contributed by atoms with Crippen LogP contribution in [0.1, 0.15) is 90.1 Å². The van der Waals surface area contributed by atoms with Gasteiger partial charge in [-0.15, -0.1) is 0 Å². The van der Waals surface area contributed by atoms with Gasteiger partial charge < -0.3 is 39.6 Å². The molecule has 3 aromatic rings. The zero-order chi connectivity index (χ0) is 41.6. The highest BCUT2D eigenvalue weighted by Gasteiger charge is 2.40. The molecule has 4 atom stereocenters. The van der Waals surface area contributed by atoms with E-state index in [1.165, 1.54) is 7.11 Å². The van der Waals surface area contributed by atoms with Gasteiger partial charge in [0.1, 0.15) is 24.0 Å². The third-order valence-corrected chi connectivity index (χ3v) is 11.9. The molecule has 1 unspecified atom stereocenters. The molecular weight excluding hydrogens is 751 g/mol. The lowest BCUT2D eigenvalue weighted by molar-refractivity contribution is -0.135. The standard InChI is InChI=1S/C45H57N7O7/c1-27(2)39(49-44(55)57-5)43(54)52-21-7-9-38(52)41-47-26-36(48-41)32-16-14-30(15-17-32)29-10-12-31(13-11-29)33-24-35(46-25-33)37-8-6-20-51(37)42(53)40(28(3)4)50-45(56)59-34-18-22-58-23-19-34/h10-17,25-28,34,37-40H,6-9,18-24H2,1-5H3,(H,47,48)(H,49,55)(H,50,56)/t37-,38?,39-,40-/m0/s1. The van der Waals surface area contributed by atoms with Crippen LogP contribution in [0.25, 0.3) is 28.0 Å². The number of alkyl carbamates (subject to hydrolysis) is 2. The first-order chi connectivity index (χ1) is 28.5. The van der Waals surface area contributed by atoms with Crippen LogP contribution in [0.5, 0.6) is 0 Å². The summed E-state index contributed by atoms with van der Waals surface area (Å²) in [5, 5.41) is 5.57. The number of allylic oxidation sites excluding steroid dienone is 1. The number of nitrogens with one attached hydrogen (secondary N) is 3. The van der Waals surface area contributed by atoms with Crippen molar-refractivity contribution >= 4 is 35.3 Å². The summed E-state index contributed by atoms with van der Waals surface area (Å²) >= 11 is 0. The molecule has 314 valence electrons. The second-order valence-electron chi connectivity index (χ2n) is 16.6. The molecule has 0 bridgehead atoms. The predicted octanol–water partition coefficient (Wildman–Crippen LogP) is 6.89. The van der Waals surface area contributed by atoms with E-state index < -0.39 is 24.3 Å². The average Bonchev–Trinajstić information content (AvgIpc) is 4.09. The van der Waals surface area contributed by atoms with Crippen LogP contribution in [0, 0.1) is 11.8 Å². The van der Waals surface area contributed by atoms with Crippen LogP contribution in [-0.2, 0) is 23.8 Å². The number of methoxy groups -OCH3 is 1. The molecule has 3 fully saturated rings. The van der Waals surface area contributed by atoms with Crippen LogP contribution in [-0.4, -0.2) is 107 Å². The Kier molecular flexibility index (Phi) is 13.1. The molecule has 2 aromatic carbocycles. The molecule has 1 aromatic heterocycles. The van der Waals surface area contributed by atoms with Crippen LogP contribution >= 0.6 is 0 Å². The highest BCUT2D eigenvalue weighted by atomic mass is 16.6. The summed E-state index contributed by atoms with van der Waals surface area (Å²) in [6, 6.07) is 15.1. The Hall–Kier alpha value is -5.50. The lowest BCUT2D eigenvalue weighted by atomic mass is 9.95.